The number of hydrogen-bond acceptors (Lipinski definition) is 4. The van der Waals surface area contributed by atoms with Gasteiger partial charge in [-0.25, -0.2) is 0 Å². The molecule has 96 valence electrons. The molecular formula is C14H16O4. The van der Waals surface area contributed by atoms with Crippen molar-refractivity contribution in [3.63, 3.8) is 0 Å². The van der Waals surface area contributed by atoms with Gasteiger partial charge < -0.3 is 14.6 Å². The number of benzene rings is 1. The fourth-order valence-electron chi connectivity index (χ4n) is 1.92. The van der Waals surface area contributed by atoms with Gasteiger partial charge in [0.25, 0.3) is 0 Å². The zero-order valence-electron chi connectivity index (χ0n) is 10.1. The normalized spacial score (nSPS) is 10.9. The van der Waals surface area contributed by atoms with E-state index < -0.39 is 0 Å². The number of rotatable bonds is 5. The Bertz CT molecular complexity index is 586. The van der Waals surface area contributed by atoms with E-state index in [2.05, 4.69) is 0 Å². The Kier molecular flexibility index (Phi) is 3.99. The highest BCUT2D eigenvalue weighted by Crippen LogP contribution is 2.21. The zero-order valence-corrected chi connectivity index (χ0v) is 10.1. The van der Waals surface area contributed by atoms with Gasteiger partial charge in [-0.3, -0.25) is 4.79 Å². The molecule has 1 heterocycles. The number of aryl methyl sites for hydroxylation is 1. The molecule has 4 nitrogen and oxygen atoms in total. The van der Waals surface area contributed by atoms with Crippen molar-refractivity contribution in [1.29, 1.82) is 0 Å². The summed E-state index contributed by atoms with van der Waals surface area (Å²) in [5, 5.41) is 18.9. The number of aliphatic hydroxyl groups excluding tert-OH is 1. The molecule has 0 radical (unpaired) electrons. The third-order valence-electron chi connectivity index (χ3n) is 2.91. The molecule has 0 aliphatic carbocycles. The maximum Gasteiger partial charge on any atom is 0.234 e. The van der Waals surface area contributed by atoms with Gasteiger partial charge in [-0.05, 0) is 25.0 Å². The maximum atomic E-state index is 11.9. The summed E-state index contributed by atoms with van der Waals surface area (Å²) < 4.78 is 5.54. The quantitative estimate of drug-likeness (QED) is 0.796. The van der Waals surface area contributed by atoms with Crippen LogP contribution in [0.5, 0.6) is 5.75 Å². The van der Waals surface area contributed by atoms with Crippen LogP contribution in [0.15, 0.2) is 33.5 Å². The van der Waals surface area contributed by atoms with Crippen molar-refractivity contribution >= 4 is 11.0 Å². The molecule has 0 saturated heterocycles. The molecule has 1 aromatic heterocycles. The average molecular weight is 248 g/mol. The third kappa shape index (κ3) is 2.54. The molecule has 0 amide bonds. The lowest BCUT2D eigenvalue weighted by molar-refractivity contribution is 0.282. The first-order valence-electron chi connectivity index (χ1n) is 6.08. The Balaban J connectivity index is 2.28. The molecule has 2 rings (SSSR count). The zero-order chi connectivity index (χ0) is 13.0. The first-order chi connectivity index (χ1) is 8.74. The number of aromatic hydroxyl groups is 1. The van der Waals surface area contributed by atoms with Gasteiger partial charge in [-0.1, -0.05) is 18.6 Å². The molecule has 2 N–H and O–H groups in total. The van der Waals surface area contributed by atoms with E-state index >= 15 is 0 Å². The van der Waals surface area contributed by atoms with Gasteiger partial charge in [0.05, 0.1) is 5.39 Å². The summed E-state index contributed by atoms with van der Waals surface area (Å²) in [6, 6.07) is 6.88. The van der Waals surface area contributed by atoms with Crippen LogP contribution in [-0.2, 0) is 6.42 Å². The second-order valence-electron chi connectivity index (χ2n) is 4.23. The minimum atomic E-state index is -0.381. The predicted molar refractivity (Wildman–Crippen MR) is 68.8 cm³/mol. The van der Waals surface area contributed by atoms with E-state index in [1.54, 1.807) is 24.3 Å². The van der Waals surface area contributed by atoms with Crippen LogP contribution in [0.2, 0.25) is 0 Å². The summed E-state index contributed by atoms with van der Waals surface area (Å²) in [6.07, 6.45) is 2.84. The van der Waals surface area contributed by atoms with Crippen LogP contribution in [0.25, 0.3) is 11.0 Å². The predicted octanol–water partition coefficient (Wildman–Crippen LogP) is 2.20. The lowest BCUT2D eigenvalue weighted by Gasteiger charge is -2.05. The van der Waals surface area contributed by atoms with Crippen LogP contribution in [0.4, 0.5) is 0 Å². The second-order valence-corrected chi connectivity index (χ2v) is 4.23. The van der Waals surface area contributed by atoms with Crippen LogP contribution in [0.3, 0.4) is 0 Å². The summed E-state index contributed by atoms with van der Waals surface area (Å²) in [5.74, 6) is 0.0364. The molecule has 0 fully saturated rings. The summed E-state index contributed by atoms with van der Waals surface area (Å²) >= 11 is 0. The van der Waals surface area contributed by atoms with E-state index in [0.29, 0.717) is 23.2 Å². The molecule has 0 saturated carbocycles. The topological polar surface area (TPSA) is 70.7 Å². The van der Waals surface area contributed by atoms with Crippen molar-refractivity contribution in [3.8, 4) is 5.75 Å². The molecule has 0 spiro atoms. The fraction of sp³-hybridized carbons (Fsp3) is 0.357. The maximum absolute atomic E-state index is 11.9. The standard InChI is InChI=1S/C14H16O4/c15-9-5-1-2-8-12-14(17)13(16)10-6-3-4-7-11(10)18-12/h3-4,6-7,15,17H,1-2,5,8-9H2. The molecule has 0 unspecified atom stereocenters. The summed E-state index contributed by atoms with van der Waals surface area (Å²) in [4.78, 5) is 11.9. The van der Waals surface area contributed by atoms with E-state index in [9.17, 15) is 9.90 Å². The first-order valence-corrected chi connectivity index (χ1v) is 6.08. The van der Waals surface area contributed by atoms with E-state index in [0.717, 1.165) is 19.3 Å². The van der Waals surface area contributed by atoms with Gasteiger partial charge in [-0.2, -0.15) is 0 Å². The van der Waals surface area contributed by atoms with Crippen LogP contribution < -0.4 is 5.43 Å². The molecule has 0 bridgehead atoms. The van der Waals surface area contributed by atoms with Gasteiger partial charge in [0.2, 0.25) is 11.2 Å². The Labute approximate surface area is 104 Å². The van der Waals surface area contributed by atoms with Crippen LogP contribution >= 0.6 is 0 Å². The fourth-order valence-corrected chi connectivity index (χ4v) is 1.92. The lowest BCUT2D eigenvalue weighted by Crippen LogP contribution is -2.04. The SMILES string of the molecule is O=c1c(O)c(CCCCCO)oc2ccccc12. The van der Waals surface area contributed by atoms with Crippen molar-refractivity contribution < 1.29 is 14.6 Å². The van der Waals surface area contributed by atoms with Gasteiger partial charge in [0, 0.05) is 13.0 Å². The number of unbranched alkanes of at least 4 members (excludes halogenated alkanes) is 2. The molecule has 0 aliphatic rings. The van der Waals surface area contributed by atoms with Crippen molar-refractivity contribution in [2.24, 2.45) is 0 Å². The number of fused-ring (bicyclic) bond motifs is 1. The van der Waals surface area contributed by atoms with Gasteiger partial charge >= 0.3 is 0 Å². The third-order valence-corrected chi connectivity index (χ3v) is 2.91. The van der Waals surface area contributed by atoms with Crippen LogP contribution in [-0.4, -0.2) is 16.8 Å². The van der Waals surface area contributed by atoms with Gasteiger partial charge in [0.15, 0.2) is 0 Å². The van der Waals surface area contributed by atoms with Gasteiger partial charge in [-0.15, -0.1) is 0 Å². The summed E-state index contributed by atoms with van der Waals surface area (Å²) in [6.45, 7) is 0.160. The lowest BCUT2D eigenvalue weighted by atomic mass is 10.1. The Hall–Kier alpha value is -1.81. The monoisotopic (exact) mass is 248 g/mol. The molecule has 1 aromatic carbocycles. The molecular weight excluding hydrogens is 232 g/mol. The summed E-state index contributed by atoms with van der Waals surface area (Å²) in [7, 11) is 0. The minimum Gasteiger partial charge on any atom is -0.502 e. The largest absolute Gasteiger partial charge is 0.502 e. The second kappa shape index (κ2) is 5.69. The van der Waals surface area contributed by atoms with E-state index in [-0.39, 0.29) is 17.8 Å². The van der Waals surface area contributed by atoms with Crippen molar-refractivity contribution in [3.05, 3.63) is 40.2 Å². The Morgan fingerprint density at radius 1 is 1.11 bits per heavy atom. The van der Waals surface area contributed by atoms with Crippen molar-refractivity contribution in [2.45, 2.75) is 25.7 Å². The first kappa shape index (κ1) is 12.6. The highest BCUT2D eigenvalue weighted by Gasteiger charge is 2.12. The summed E-state index contributed by atoms with van der Waals surface area (Å²) in [5.41, 5.74) is 0.117. The Morgan fingerprint density at radius 3 is 2.67 bits per heavy atom. The van der Waals surface area contributed by atoms with Crippen molar-refractivity contribution in [1.82, 2.24) is 0 Å². The Morgan fingerprint density at radius 2 is 1.89 bits per heavy atom. The van der Waals surface area contributed by atoms with E-state index in [1.807, 2.05) is 0 Å². The number of aliphatic hydroxyl groups is 1. The smallest absolute Gasteiger partial charge is 0.234 e. The molecule has 18 heavy (non-hydrogen) atoms. The highest BCUT2D eigenvalue weighted by atomic mass is 16.4. The highest BCUT2D eigenvalue weighted by molar-refractivity contribution is 5.77. The van der Waals surface area contributed by atoms with E-state index in [4.69, 9.17) is 9.52 Å². The minimum absolute atomic E-state index is 0.160. The van der Waals surface area contributed by atoms with Crippen LogP contribution in [0.1, 0.15) is 25.0 Å². The van der Waals surface area contributed by atoms with Crippen molar-refractivity contribution in [2.75, 3.05) is 6.61 Å². The number of hydrogen-bond donors (Lipinski definition) is 2. The van der Waals surface area contributed by atoms with Crippen LogP contribution in [0, 0.1) is 0 Å². The molecule has 0 aliphatic heterocycles. The van der Waals surface area contributed by atoms with Gasteiger partial charge in [0.1, 0.15) is 11.3 Å². The average Bonchev–Trinajstić information content (AvgIpc) is 2.40. The molecule has 0 atom stereocenters. The molecule has 2 aromatic rings. The number of para-hydroxylation sites is 1. The molecule has 4 heteroatoms. The van der Waals surface area contributed by atoms with E-state index in [1.165, 1.54) is 0 Å².